The number of hydrogen-bond acceptors (Lipinski definition) is 4. The fraction of sp³-hybridized carbons (Fsp3) is 0.471. The Bertz CT molecular complexity index is 779. The molecule has 0 fully saturated rings. The summed E-state index contributed by atoms with van der Waals surface area (Å²) in [6.45, 7) is 8.34. The van der Waals surface area contributed by atoms with Crippen LogP contribution in [0, 0.1) is 0 Å². The van der Waals surface area contributed by atoms with Crippen LogP contribution in [0.5, 0.6) is 0 Å². The molecule has 122 valence electrons. The lowest BCUT2D eigenvalue weighted by molar-refractivity contribution is 0.241. The van der Waals surface area contributed by atoms with E-state index in [-0.39, 0.29) is 11.0 Å². The maximum Gasteiger partial charge on any atom is 0.255 e. The van der Waals surface area contributed by atoms with Gasteiger partial charge in [-0.1, -0.05) is 32.4 Å². The predicted molar refractivity (Wildman–Crippen MR) is 90.6 cm³/mol. The van der Waals surface area contributed by atoms with Crippen LogP contribution in [-0.2, 0) is 24.9 Å². The maximum atomic E-state index is 12.4. The third-order valence-electron chi connectivity index (χ3n) is 4.11. The number of aromatic amines is 1. The largest absolute Gasteiger partial charge is 0.310 e. The normalized spacial score (nSPS) is 15.5. The van der Waals surface area contributed by atoms with Crippen molar-refractivity contribution in [3.05, 3.63) is 56.5 Å². The van der Waals surface area contributed by atoms with E-state index in [1.165, 1.54) is 0 Å². The highest BCUT2D eigenvalue weighted by Crippen LogP contribution is 2.22. The third kappa shape index (κ3) is 3.46. The summed E-state index contributed by atoms with van der Waals surface area (Å²) in [7, 11) is 0. The van der Waals surface area contributed by atoms with Crippen molar-refractivity contribution in [2.45, 2.75) is 45.7 Å². The van der Waals surface area contributed by atoms with Crippen LogP contribution in [0.25, 0.3) is 0 Å². The van der Waals surface area contributed by atoms with Gasteiger partial charge >= 0.3 is 0 Å². The molecular weight excluding hydrogens is 312 g/mol. The Hall–Kier alpha value is -1.72. The van der Waals surface area contributed by atoms with E-state index < -0.39 is 0 Å². The van der Waals surface area contributed by atoms with Gasteiger partial charge in [0.25, 0.3) is 5.56 Å². The molecule has 0 saturated heterocycles. The summed E-state index contributed by atoms with van der Waals surface area (Å²) < 4.78 is 0. The van der Waals surface area contributed by atoms with Gasteiger partial charge in [0.05, 0.1) is 16.3 Å². The monoisotopic (exact) mass is 332 g/mol. The molecule has 0 radical (unpaired) electrons. The van der Waals surface area contributed by atoms with E-state index in [1.807, 2.05) is 6.07 Å². The molecule has 0 saturated carbocycles. The lowest BCUT2D eigenvalue weighted by Gasteiger charge is -2.29. The molecular formula is C17H21ClN4O. The molecule has 2 aromatic heterocycles. The Labute approximate surface area is 140 Å². The standard InChI is InChI=1S/C17H21ClN4O/c1-17(2,3)16-20-14-5-7-22(10-12(14)15(23)21-16)9-11-4-6-19-8-13(11)18/h4,6,8H,5,7,9-10H2,1-3H3,(H,20,21,23). The van der Waals surface area contributed by atoms with Gasteiger partial charge < -0.3 is 4.98 Å². The molecule has 0 bridgehead atoms. The van der Waals surface area contributed by atoms with E-state index >= 15 is 0 Å². The number of rotatable bonds is 2. The SMILES string of the molecule is CC(C)(C)c1nc2c(c(=O)[nH]1)CN(Cc1ccncc1Cl)CC2. The second-order valence-corrected chi connectivity index (χ2v) is 7.42. The van der Waals surface area contributed by atoms with Gasteiger partial charge in [0, 0.05) is 43.9 Å². The molecule has 0 atom stereocenters. The first kappa shape index (κ1) is 16.1. The van der Waals surface area contributed by atoms with E-state index in [4.69, 9.17) is 11.6 Å². The Morgan fingerprint density at radius 1 is 1.39 bits per heavy atom. The summed E-state index contributed by atoms with van der Waals surface area (Å²) in [6, 6.07) is 1.92. The van der Waals surface area contributed by atoms with Crippen LogP contribution in [0.2, 0.25) is 5.02 Å². The van der Waals surface area contributed by atoms with Crippen LogP contribution >= 0.6 is 11.6 Å². The second-order valence-electron chi connectivity index (χ2n) is 7.02. The van der Waals surface area contributed by atoms with Crippen LogP contribution in [0.1, 0.15) is 43.4 Å². The lowest BCUT2D eigenvalue weighted by atomic mass is 9.95. The molecule has 1 aliphatic rings. The Morgan fingerprint density at radius 2 is 2.17 bits per heavy atom. The highest BCUT2D eigenvalue weighted by Gasteiger charge is 2.25. The van der Waals surface area contributed by atoms with Gasteiger partial charge in [0.2, 0.25) is 0 Å². The second kappa shape index (κ2) is 6.06. The molecule has 0 aromatic carbocycles. The number of hydrogen-bond donors (Lipinski definition) is 1. The predicted octanol–water partition coefficient (Wildman–Crippen LogP) is 2.67. The van der Waals surface area contributed by atoms with Crippen molar-refractivity contribution >= 4 is 11.6 Å². The molecule has 6 heteroatoms. The topological polar surface area (TPSA) is 61.9 Å². The first-order valence-corrected chi connectivity index (χ1v) is 8.15. The quantitative estimate of drug-likeness (QED) is 0.918. The van der Waals surface area contributed by atoms with Crippen LogP contribution in [0.15, 0.2) is 23.3 Å². The summed E-state index contributed by atoms with van der Waals surface area (Å²) in [5.74, 6) is 0.756. The van der Waals surface area contributed by atoms with E-state index in [1.54, 1.807) is 12.4 Å². The van der Waals surface area contributed by atoms with Gasteiger partial charge in [-0.2, -0.15) is 0 Å². The fourth-order valence-electron chi connectivity index (χ4n) is 2.74. The van der Waals surface area contributed by atoms with Gasteiger partial charge in [-0.15, -0.1) is 0 Å². The molecule has 23 heavy (non-hydrogen) atoms. The average Bonchev–Trinajstić information content (AvgIpc) is 2.49. The highest BCUT2D eigenvalue weighted by molar-refractivity contribution is 6.31. The molecule has 0 unspecified atom stereocenters. The Morgan fingerprint density at radius 3 is 2.87 bits per heavy atom. The maximum absolute atomic E-state index is 12.4. The van der Waals surface area contributed by atoms with E-state index in [0.29, 0.717) is 18.1 Å². The van der Waals surface area contributed by atoms with Gasteiger partial charge in [-0.25, -0.2) is 4.98 Å². The molecule has 0 amide bonds. The number of pyridine rings is 1. The molecule has 1 aliphatic heterocycles. The first-order valence-electron chi connectivity index (χ1n) is 7.78. The number of aromatic nitrogens is 3. The molecule has 3 rings (SSSR count). The van der Waals surface area contributed by atoms with Crippen molar-refractivity contribution in [3.63, 3.8) is 0 Å². The smallest absolute Gasteiger partial charge is 0.255 e. The van der Waals surface area contributed by atoms with Gasteiger partial charge in [0.15, 0.2) is 0 Å². The van der Waals surface area contributed by atoms with Crippen molar-refractivity contribution in [3.8, 4) is 0 Å². The van der Waals surface area contributed by atoms with E-state index in [9.17, 15) is 4.79 Å². The fourth-order valence-corrected chi connectivity index (χ4v) is 2.92. The molecule has 5 nitrogen and oxygen atoms in total. The molecule has 3 heterocycles. The van der Waals surface area contributed by atoms with Crippen LogP contribution in [0.4, 0.5) is 0 Å². The molecule has 2 aromatic rings. The lowest BCUT2D eigenvalue weighted by Crippen LogP contribution is -2.37. The Kier molecular flexibility index (Phi) is 4.25. The zero-order valence-corrected chi connectivity index (χ0v) is 14.4. The van der Waals surface area contributed by atoms with Crippen molar-refractivity contribution < 1.29 is 0 Å². The van der Waals surface area contributed by atoms with E-state index in [2.05, 4.69) is 40.6 Å². The minimum absolute atomic E-state index is 0.0227. The van der Waals surface area contributed by atoms with Crippen molar-refractivity contribution in [1.82, 2.24) is 19.9 Å². The minimum atomic E-state index is -0.157. The highest BCUT2D eigenvalue weighted by atomic mass is 35.5. The zero-order chi connectivity index (χ0) is 16.6. The van der Waals surface area contributed by atoms with Gasteiger partial charge in [-0.05, 0) is 11.6 Å². The average molecular weight is 333 g/mol. The van der Waals surface area contributed by atoms with Crippen molar-refractivity contribution in [1.29, 1.82) is 0 Å². The van der Waals surface area contributed by atoms with Gasteiger partial charge in [0.1, 0.15) is 5.82 Å². The Balaban J connectivity index is 1.84. The van der Waals surface area contributed by atoms with Gasteiger partial charge in [-0.3, -0.25) is 14.7 Å². The number of nitrogens with zero attached hydrogens (tertiary/aromatic N) is 3. The van der Waals surface area contributed by atoms with Crippen LogP contribution in [-0.4, -0.2) is 26.4 Å². The van der Waals surface area contributed by atoms with Crippen LogP contribution < -0.4 is 5.56 Å². The summed E-state index contributed by atoms with van der Waals surface area (Å²) in [4.78, 5) is 26.3. The zero-order valence-electron chi connectivity index (χ0n) is 13.7. The summed E-state index contributed by atoms with van der Waals surface area (Å²) in [5, 5.41) is 0.661. The van der Waals surface area contributed by atoms with Crippen molar-refractivity contribution in [2.24, 2.45) is 0 Å². The van der Waals surface area contributed by atoms with Crippen molar-refractivity contribution in [2.75, 3.05) is 6.54 Å². The summed E-state index contributed by atoms with van der Waals surface area (Å²) in [5.41, 5.74) is 2.55. The number of fused-ring (bicyclic) bond motifs is 1. The van der Waals surface area contributed by atoms with Crippen LogP contribution in [0.3, 0.4) is 0 Å². The first-order chi connectivity index (χ1) is 10.8. The number of H-pyrrole nitrogens is 1. The van der Waals surface area contributed by atoms with E-state index in [0.717, 1.165) is 35.6 Å². The number of halogens is 1. The molecule has 1 N–H and O–H groups in total. The number of nitrogens with one attached hydrogen (secondary N) is 1. The third-order valence-corrected chi connectivity index (χ3v) is 4.45. The summed E-state index contributed by atoms with van der Waals surface area (Å²) >= 11 is 6.18. The minimum Gasteiger partial charge on any atom is -0.310 e. The summed E-state index contributed by atoms with van der Waals surface area (Å²) in [6.07, 6.45) is 4.17. The molecule has 0 spiro atoms. The molecule has 0 aliphatic carbocycles.